The standard InChI is InChI=1S/C10H16N2O5S/c1-5(14)12-7-9(16)8(15)6(4-13)17-10(7)18-3-2-11/h6-10,13,15-16H,3-4H2,1H3,(H,12,14). The number of amides is 1. The first-order valence-corrected chi connectivity index (χ1v) is 6.44. The Morgan fingerprint density at radius 1 is 1.50 bits per heavy atom. The minimum Gasteiger partial charge on any atom is -0.394 e. The number of nitrogens with one attached hydrogen (secondary N) is 1. The summed E-state index contributed by atoms with van der Waals surface area (Å²) in [6.07, 6.45) is -3.47. The number of aliphatic hydroxyl groups excluding tert-OH is 3. The number of thioether (sulfide) groups is 1. The fourth-order valence-electron chi connectivity index (χ4n) is 1.73. The lowest BCUT2D eigenvalue weighted by Gasteiger charge is -2.42. The third-order valence-corrected chi connectivity index (χ3v) is 3.59. The van der Waals surface area contributed by atoms with Crippen LogP contribution in [0, 0.1) is 11.3 Å². The van der Waals surface area contributed by atoms with Crippen molar-refractivity contribution in [3.8, 4) is 6.07 Å². The van der Waals surface area contributed by atoms with Gasteiger partial charge in [0.25, 0.3) is 0 Å². The molecule has 1 amide bonds. The summed E-state index contributed by atoms with van der Waals surface area (Å²) >= 11 is 1.09. The van der Waals surface area contributed by atoms with Crippen LogP contribution in [0.2, 0.25) is 0 Å². The van der Waals surface area contributed by atoms with Crippen molar-refractivity contribution >= 4 is 17.7 Å². The predicted octanol–water partition coefficient (Wildman–Crippen LogP) is -1.81. The summed E-state index contributed by atoms with van der Waals surface area (Å²) in [4.78, 5) is 11.1. The number of rotatable bonds is 4. The first kappa shape index (κ1) is 15.2. The highest BCUT2D eigenvalue weighted by atomic mass is 32.2. The van der Waals surface area contributed by atoms with Gasteiger partial charge in [0.15, 0.2) is 0 Å². The summed E-state index contributed by atoms with van der Waals surface area (Å²) in [6, 6.07) is 1.09. The second kappa shape index (κ2) is 6.92. The Morgan fingerprint density at radius 3 is 2.67 bits per heavy atom. The molecule has 5 atom stereocenters. The topological polar surface area (TPSA) is 123 Å². The fraction of sp³-hybridized carbons (Fsp3) is 0.800. The second-order valence-electron chi connectivity index (χ2n) is 3.90. The molecule has 1 saturated heterocycles. The van der Waals surface area contributed by atoms with Crippen LogP contribution in [0.3, 0.4) is 0 Å². The van der Waals surface area contributed by atoms with Crippen molar-refractivity contribution in [1.82, 2.24) is 5.32 Å². The van der Waals surface area contributed by atoms with E-state index in [-0.39, 0.29) is 11.7 Å². The molecule has 102 valence electrons. The molecule has 18 heavy (non-hydrogen) atoms. The Labute approximate surface area is 109 Å². The van der Waals surface area contributed by atoms with Gasteiger partial charge in [-0.25, -0.2) is 0 Å². The first-order chi connectivity index (χ1) is 8.51. The number of nitriles is 1. The highest BCUT2D eigenvalue weighted by molar-refractivity contribution is 8.00. The average molecular weight is 276 g/mol. The molecule has 1 aliphatic rings. The lowest BCUT2D eigenvalue weighted by molar-refractivity contribution is -0.173. The highest BCUT2D eigenvalue weighted by Crippen LogP contribution is 2.28. The summed E-state index contributed by atoms with van der Waals surface area (Å²) in [7, 11) is 0. The fourth-order valence-corrected chi connectivity index (χ4v) is 2.63. The monoisotopic (exact) mass is 276 g/mol. The molecule has 0 spiro atoms. The van der Waals surface area contributed by atoms with Gasteiger partial charge in [-0.15, -0.1) is 11.8 Å². The molecule has 1 fully saturated rings. The molecular weight excluding hydrogens is 260 g/mol. The van der Waals surface area contributed by atoms with Gasteiger partial charge in [-0.05, 0) is 0 Å². The largest absolute Gasteiger partial charge is 0.394 e. The molecule has 1 aliphatic heterocycles. The normalized spacial score (nSPS) is 35.8. The van der Waals surface area contributed by atoms with E-state index < -0.39 is 36.4 Å². The Kier molecular flexibility index (Phi) is 5.84. The number of hydrogen-bond donors (Lipinski definition) is 4. The molecule has 0 aromatic carbocycles. The molecule has 4 N–H and O–H groups in total. The number of nitrogens with zero attached hydrogens (tertiary/aromatic N) is 1. The summed E-state index contributed by atoms with van der Waals surface area (Å²) in [5, 5.41) is 39.7. The molecule has 0 bridgehead atoms. The highest BCUT2D eigenvalue weighted by Gasteiger charge is 2.44. The molecule has 5 unspecified atom stereocenters. The van der Waals surface area contributed by atoms with E-state index in [0.717, 1.165) is 11.8 Å². The summed E-state index contributed by atoms with van der Waals surface area (Å²) in [5.74, 6) is -0.262. The Balaban J connectivity index is 2.80. The minimum atomic E-state index is -1.29. The zero-order valence-corrected chi connectivity index (χ0v) is 10.6. The lowest BCUT2D eigenvalue weighted by Crippen LogP contribution is -2.63. The van der Waals surface area contributed by atoms with Gasteiger partial charge in [-0.1, -0.05) is 0 Å². The van der Waals surface area contributed by atoms with Gasteiger partial charge in [0.2, 0.25) is 5.91 Å². The van der Waals surface area contributed by atoms with Crippen LogP contribution in [-0.2, 0) is 9.53 Å². The van der Waals surface area contributed by atoms with Gasteiger partial charge in [-0.3, -0.25) is 4.79 Å². The van der Waals surface area contributed by atoms with Crippen molar-refractivity contribution in [2.75, 3.05) is 12.4 Å². The molecule has 1 heterocycles. The molecule has 0 aliphatic carbocycles. The molecule has 8 heteroatoms. The maximum absolute atomic E-state index is 11.1. The number of carbonyl (C=O) groups excluding carboxylic acids is 1. The van der Waals surface area contributed by atoms with E-state index in [1.165, 1.54) is 6.92 Å². The molecule has 0 saturated carbocycles. The zero-order chi connectivity index (χ0) is 13.7. The van der Waals surface area contributed by atoms with Crippen molar-refractivity contribution in [3.63, 3.8) is 0 Å². The van der Waals surface area contributed by atoms with E-state index in [1.54, 1.807) is 0 Å². The molecule has 0 aromatic heterocycles. The van der Waals surface area contributed by atoms with E-state index in [4.69, 9.17) is 15.1 Å². The van der Waals surface area contributed by atoms with Crippen LogP contribution in [0.25, 0.3) is 0 Å². The average Bonchev–Trinajstić information content (AvgIpc) is 2.33. The van der Waals surface area contributed by atoms with Crippen LogP contribution >= 0.6 is 11.8 Å². The van der Waals surface area contributed by atoms with Crippen molar-refractivity contribution in [3.05, 3.63) is 0 Å². The van der Waals surface area contributed by atoms with Gasteiger partial charge in [-0.2, -0.15) is 5.26 Å². The summed E-state index contributed by atoms with van der Waals surface area (Å²) in [5.41, 5.74) is -0.691. The van der Waals surface area contributed by atoms with Crippen LogP contribution in [0.1, 0.15) is 6.92 Å². The third kappa shape index (κ3) is 3.57. The van der Waals surface area contributed by atoms with E-state index in [1.807, 2.05) is 6.07 Å². The smallest absolute Gasteiger partial charge is 0.217 e. The Hall–Kier alpha value is -0.850. The number of carbonyl (C=O) groups is 1. The molecule has 0 radical (unpaired) electrons. The zero-order valence-electron chi connectivity index (χ0n) is 9.81. The van der Waals surface area contributed by atoms with E-state index >= 15 is 0 Å². The van der Waals surface area contributed by atoms with Gasteiger partial charge in [0.1, 0.15) is 23.7 Å². The van der Waals surface area contributed by atoms with E-state index in [9.17, 15) is 15.0 Å². The van der Waals surface area contributed by atoms with Gasteiger partial charge in [0.05, 0.1) is 24.5 Å². The van der Waals surface area contributed by atoms with Crippen LogP contribution in [0.15, 0.2) is 0 Å². The number of aliphatic hydroxyl groups is 3. The van der Waals surface area contributed by atoms with Crippen LogP contribution in [0.5, 0.6) is 0 Å². The predicted molar refractivity (Wildman–Crippen MR) is 63.4 cm³/mol. The second-order valence-corrected chi connectivity index (χ2v) is 4.99. The van der Waals surface area contributed by atoms with Crippen molar-refractivity contribution in [2.24, 2.45) is 0 Å². The van der Waals surface area contributed by atoms with Gasteiger partial charge < -0.3 is 25.4 Å². The first-order valence-electron chi connectivity index (χ1n) is 5.39. The minimum absolute atomic E-state index is 0.113. The van der Waals surface area contributed by atoms with Crippen molar-refractivity contribution in [2.45, 2.75) is 36.7 Å². The van der Waals surface area contributed by atoms with Gasteiger partial charge in [0, 0.05) is 6.92 Å². The maximum atomic E-state index is 11.1. The van der Waals surface area contributed by atoms with E-state index in [0.29, 0.717) is 0 Å². The molecular formula is C10H16N2O5S. The third-order valence-electron chi connectivity index (χ3n) is 2.56. The summed E-state index contributed by atoms with van der Waals surface area (Å²) in [6.45, 7) is 0.831. The van der Waals surface area contributed by atoms with Crippen molar-refractivity contribution in [1.29, 1.82) is 5.26 Å². The van der Waals surface area contributed by atoms with Crippen LogP contribution in [-0.4, -0.2) is 63.4 Å². The number of hydrogen-bond acceptors (Lipinski definition) is 7. The maximum Gasteiger partial charge on any atom is 0.217 e. The van der Waals surface area contributed by atoms with Crippen LogP contribution < -0.4 is 5.32 Å². The SMILES string of the molecule is CC(=O)NC1C(SCC#N)OC(CO)C(O)C1O. The lowest BCUT2D eigenvalue weighted by atomic mass is 9.98. The number of ether oxygens (including phenoxy) is 1. The Bertz CT molecular complexity index is 335. The van der Waals surface area contributed by atoms with E-state index in [2.05, 4.69) is 5.32 Å². The van der Waals surface area contributed by atoms with Gasteiger partial charge >= 0.3 is 0 Å². The molecule has 0 aromatic rings. The quantitative estimate of drug-likeness (QED) is 0.477. The molecule has 1 rings (SSSR count). The molecule has 7 nitrogen and oxygen atoms in total. The van der Waals surface area contributed by atoms with Crippen LogP contribution in [0.4, 0.5) is 0 Å². The summed E-state index contributed by atoms with van der Waals surface area (Å²) < 4.78 is 5.37. The van der Waals surface area contributed by atoms with Crippen molar-refractivity contribution < 1.29 is 24.9 Å². The Morgan fingerprint density at radius 2 is 2.17 bits per heavy atom.